The molecule has 3 nitrogen and oxygen atoms in total. The van der Waals surface area contributed by atoms with E-state index < -0.39 is 0 Å². The van der Waals surface area contributed by atoms with Gasteiger partial charge in [-0.2, -0.15) is 0 Å². The third-order valence-electron chi connectivity index (χ3n) is 2.45. The molecule has 0 saturated heterocycles. The Bertz CT molecular complexity index is 504. The summed E-state index contributed by atoms with van der Waals surface area (Å²) in [6.07, 6.45) is 1.79. The summed E-state index contributed by atoms with van der Waals surface area (Å²) in [5.41, 5.74) is 1.86. The fourth-order valence-corrected chi connectivity index (χ4v) is 1.68. The predicted octanol–water partition coefficient (Wildman–Crippen LogP) is 2.57. The molecular formula is C12H11NO2. The molecule has 0 unspecified atom stereocenters. The lowest BCUT2D eigenvalue weighted by atomic mass is 9.99. The molecule has 0 bridgehead atoms. The van der Waals surface area contributed by atoms with Crippen molar-refractivity contribution in [3.63, 3.8) is 0 Å². The van der Waals surface area contributed by atoms with Crippen molar-refractivity contribution in [1.29, 1.82) is 0 Å². The van der Waals surface area contributed by atoms with E-state index in [-0.39, 0.29) is 11.6 Å². The van der Waals surface area contributed by atoms with Gasteiger partial charge in [0.15, 0.2) is 11.6 Å². The second-order valence-electron chi connectivity index (χ2n) is 3.58. The highest BCUT2D eigenvalue weighted by Crippen LogP contribution is 2.20. The Morgan fingerprint density at radius 2 is 1.67 bits per heavy atom. The van der Waals surface area contributed by atoms with Crippen LogP contribution in [0.15, 0.2) is 24.4 Å². The van der Waals surface area contributed by atoms with Crippen LogP contribution in [-0.2, 0) is 0 Å². The van der Waals surface area contributed by atoms with E-state index in [1.54, 1.807) is 18.3 Å². The Kier molecular flexibility index (Phi) is 2.15. The van der Waals surface area contributed by atoms with Crippen LogP contribution in [0.2, 0.25) is 0 Å². The average Bonchev–Trinajstić information content (AvgIpc) is 2.61. The number of aromatic nitrogens is 1. The second kappa shape index (κ2) is 3.35. The third kappa shape index (κ3) is 1.56. The van der Waals surface area contributed by atoms with Gasteiger partial charge in [-0.1, -0.05) is 0 Å². The van der Waals surface area contributed by atoms with Crippen molar-refractivity contribution in [2.24, 2.45) is 0 Å². The Hall–Kier alpha value is -1.90. The molecule has 1 aromatic heterocycles. The highest BCUT2D eigenvalue weighted by atomic mass is 16.1. The van der Waals surface area contributed by atoms with E-state index in [4.69, 9.17) is 0 Å². The highest BCUT2D eigenvalue weighted by molar-refractivity contribution is 6.10. The molecule has 15 heavy (non-hydrogen) atoms. The van der Waals surface area contributed by atoms with Crippen molar-refractivity contribution in [3.8, 4) is 0 Å². The first-order chi connectivity index (χ1) is 7.09. The fraction of sp³-hybridized carbons (Fsp3) is 0.167. The maximum absolute atomic E-state index is 11.4. The molecule has 0 atom stereocenters. The van der Waals surface area contributed by atoms with Gasteiger partial charge in [0, 0.05) is 28.2 Å². The van der Waals surface area contributed by atoms with Crippen LogP contribution in [0.1, 0.15) is 34.6 Å². The van der Waals surface area contributed by atoms with Gasteiger partial charge < -0.3 is 4.98 Å². The molecule has 2 aromatic rings. The van der Waals surface area contributed by atoms with E-state index in [0.29, 0.717) is 11.1 Å². The number of H-pyrrole nitrogens is 1. The number of hydrogen-bond acceptors (Lipinski definition) is 2. The molecule has 1 heterocycles. The number of hydrogen-bond donors (Lipinski definition) is 1. The number of benzene rings is 1. The molecule has 76 valence electrons. The molecule has 1 N–H and O–H groups in total. The van der Waals surface area contributed by atoms with Crippen LogP contribution in [-0.4, -0.2) is 16.6 Å². The molecule has 0 radical (unpaired) electrons. The first-order valence-corrected chi connectivity index (χ1v) is 4.72. The van der Waals surface area contributed by atoms with Crippen molar-refractivity contribution < 1.29 is 9.59 Å². The van der Waals surface area contributed by atoms with Gasteiger partial charge >= 0.3 is 0 Å². The SMILES string of the molecule is CC(=O)c1cc2cc[nH]c2cc1C(C)=O. The molecule has 1 aromatic carbocycles. The predicted molar refractivity (Wildman–Crippen MR) is 58.3 cm³/mol. The minimum Gasteiger partial charge on any atom is -0.361 e. The Balaban J connectivity index is 2.79. The zero-order chi connectivity index (χ0) is 11.0. The highest BCUT2D eigenvalue weighted by Gasteiger charge is 2.12. The van der Waals surface area contributed by atoms with Crippen molar-refractivity contribution in [3.05, 3.63) is 35.5 Å². The standard InChI is InChI=1S/C12H11NO2/c1-7(14)10-5-9-3-4-13-12(9)6-11(10)8(2)15/h3-6,13H,1-2H3. The van der Waals surface area contributed by atoms with Crippen molar-refractivity contribution in [1.82, 2.24) is 4.98 Å². The molecule has 0 spiro atoms. The number of fused-ring (bicyclic) bond motifs is 1. The molecule has 0 fully saturated rings. The van der Waals surface area contributed by atoms with Crippen LogP contribution in [0.3, 0.4) is 0 Å². The molecule has 0 saturated carbocycles. The first kappa shape index (κ1) is 9.65. The summed E-state index contributed by atoms with van der Waals surface area (Å²) in [5.74, 6) is -0.167. The first-order valence-electron chi connectivity index (χ1n) is 4.72. The van der Waals surface area contributed by atoms with Crippen molar-refractivity contribution >= 4 is 22.5 Å². The van der Waals surface area contributed by atoms with Crippen LogP contribution in [0.25, 0.3) is 10.9 Å². The van der Waals surface area contributed by atoms with Crippen molar-refractivity contribution in [2.75, 3.05) is 0 Å². The van der Waals surface area contributed by atoms with Crippen LogP contribution in [0.5, 0.6) is 0 Å². The normalized spacial score (nSPS) is 10.5. The topological polar surface area (TPSA) is 49.9 Å². The number of ketones is 2. The van der Waals surface area contributed by atoms with Gasteiger partial charge in [-0.05, 0) is 32.0 Å². The molecule has 3 heteroatoms. The van der Waals surface area contributed by atoms with Gasteiger partial charge in [0.1, 0.15) is 0 Å². The molecule has 0 aliphatic rings. The van der Waals surface area contributed by atoms with Crippen molar-refractivity contribution in [2.45, 2.75) is 13.8 Å². The summed E-state index contributed by atoms with van der Waals surface area (Å²) in [7, 11) is 0. The van der Waals surface area contributed by atoms with Crippen LogP contribution >= 0.6 is 0 Å². The number of aromatic amines is 1. The lowest BCUT2D eigenvalue weighted by Gasteiger charge is -2.03. The van der Waals surface area contributed by atoms with Gasteiger partial charge in [-0.3, -0.25) is 9.59 Å². The van der Waals surface area contributed by atoms with E-state index in [2.05, 4.69) is 4.98 Å². The third-order valence-corrected chi connectivity index (χ3v) is 2.45. The minimum atomic E-state index is -0.0864. The van der Waals surface area contributed by atoms with Gasteiger partial charge in [0.2, 0.25) is 0 Å². The Labute approximate surface area is 87.1 Å². The van der Waals surface area contributed by atoms with Crippen LogP contribution in [0.4, 0.5) is 0 Å². The number of nitrogens with one attached hydrogen (secondary N) is 1. The average molecular weight is 201 g/mol. The Morgan fingerprint density at radius 3 is 2.27 bits per heavy atom. The summed E-state index contributed by atoms with van der Waals surface area (Å²) in [6.45, 7) is 2.94. The molecule has 2 rings (SSSR count). The number of carbonyl (C=O) groups excluding carboxylic acids is 2. The molecular weight excluding hydrogens is 190 g/mol. The smallest absolute Gasteiger partial charge is 0.160 e. The summed E-state index contributed by atoms with van der Waals surface area (Å²) in [6, 6.07) is 5.37. The Morgan fingerprint density at radius 1 is 1.07 bits per heavy atom. The van der Waals surface area contributed by atoms with Gasteiger partial charge in [-0.25, -0.2) is 0 Å². The summed E-state index contributed by atoms with van der Waals surface area (Å²) in [5, 5.41) is 0.949. The van der Waals surface area contributed by atoms with Gasteiger partial charge in [0.25, 0.3) is 0 Å². The largest absolute Gasteiger partial charge is 0.361 e. The van der Waals surface area contributed by atoms with E-state index in [1.807, 2.05) is 6.07 Å². The van der Waals surface area contributed by atoms with E-state index >= 15 is 0 Å². The second-order valence-corrected chi connectivity index (χ2v) is 3.58. The van der Waals surface area contributed by atoms with Gasteiger partial charge in [-0.15, -0.1) is 0 Å². The molecule has 0 aliphatic heterocycles. The summed E-state index contributed by atoms with van der Waals surface area (Å²) in [4.78, 5) is 25.8. The lowest BCUT2D eigenvalue weighted by molar-refractivity contribution is 0.0981. The number of rotatable bonds is 2. The number of carbonyl (C=O) groups is 2. The quantitative estimate of drug-likeness (QED) is 0.759. The van der Waals surface area contributed by atoms with Gasteiger partial charge in [0.05, 0.1) is 0 Å². The lowest BCUT2D eigenvalue weighted by Crippen LogP contribution is -2.03. The van der Waals surface area contributed by atoms with Crippen LogP contribution in [0, 0.1) is 0 Å². The van der Waals surface area contributed by atoms with E-state index in [0.717, 1.165) is 10.9 Å². The minimum absolute atomic E-state index is 0.0803. The summed E-state index contributed by atoms with van der Waals surface area (Å²) < 4.78 is 0. The fourth-order valence-electron chi connectivity index (χ4n) is 1.68. The zero-order valence-electron chi connectivity index (χ0n) is 8.63. The zero-order valence-corrected chi connectivity index (χ0v) is 8.63. The molecule has 0 amide bonds. The van der Waals surface area contributed by atoms with Crippen LogP contribution < -0.4 is 0 Å². The van der Waals surface area contributed by atoms with E-state index in [1.165, 1.54) is 13.8 Å². The monoisotopic (exact) mass is 201 g/mol. The maximum Gasteiger partial charge on any atom is 0.160 e. The summed E-state index contributed by atoms with van der Waals surface area (Å²) >= 11 is 0. The molecule has 0 aliphatic carbocycles. The maximum atomic E-state index is 11.4. The van der Waals surface area contributed by atoms with E-state index in [9.17, 15) is 9.59 Å². The number of Topliss-reactive ketones (excluding diaryl/α,β-unsaturated/α-hetero) is 2.